The van der Waals surface area contributed by atoms with Crippen molar-refractivity contribution in [2.75, 3.05) is 19.1 Å². The van der Waals surface area contributed by atoms with E-state index in [1.165, 1.54) is 5.56 Å². The fourth-order valence-corrected chi connectivity index (χ4v) is 2.22. The first-order valence-electron chi connectivity index (χ1n) is 7.16. The molecule has 1 heterocycles. The van der Waals surface area contributed by atoms with E-state index in [9.17, 15) is 0 Å². The van der Waals surface area contributed by atoms with E-state index in [2.05, 4.69) is 35.1 Å². The number of hydrogen-bond donors (Lipinski definition) is 1. The lowest BCUT2D eigenvalue weighted by atomic mass is 10.1. The monoisotopic (exact) mass is 285 g/mol. The zero-order chi connectivity index (χ0) is 15.2. The molecule has 0 bridgehead atoms. The van der Waals surface area contributed by atoms with Crippen LogP contribution in [0.1, 0.15) is 19.4 Å². The Labute approximate surface area is 126 Å². The quantitative estimate of drug-likeness (QED) is 0.883. The predicted molar refractivity (Wildman–Crippen MR) is 87.3 cm³/mol. The molecule has 1 aromatic heterocycles. The molecule has 0 aliphatic carbocycles. The molecule has 0 fully saturated rings. The molecule has 0 radical (unpaired) electrons. The van der Waals surface area contributed by atoms with Crippen molar-refractivity contribution >= 4 is 11.4 Å². The van der Waals surface area contributed by atoms with Gasteiger partial charge in [0.05, 0.1) is 24.7 Å². The Morgan fingerprint density at radius 1 is 1.19 bits per heavy atom. The third kappa shape index (κ3) is 3.73. The second kappa shape index (κ2) is 7.09. The molecule has 2 aromatic rings. The second-order valence-electron chi connectivity index (χ2n) is 5.27. The molecule has 0 saturated carbocycles. The number of hydrogen-bond acceptors (Lipinski definition) is 4. The van der Waals surface area contributed by atoms with Crippen molar-refractivity contribution in [2.45, 2.75) is 26.4 Å². The molecular weight excluding hydrogens is 262 g/mol. The molecule has 1 N–H and O–H groups in total. The molecule has 0 aliphatic heterocycles. The summed E-state index contributed by atoms with van der Waals surface area (Å²) in [6, 6.07) is 10.5. The number of ether oxygens (including phenoxy) is 1. The van der Waals surface area contributed by atoms with Gasteiger partial charge in [-0.1, -0.05) is 26.0 Å². The van der Waals surface area contributed by atoms with Crippen molar-refractivity contribution in [2.24, 2.45) is 0 Å². The first kappa shape index (κ1) is 15.3. The zero-order valence-electron chi connectivity index (χ0n) is 13.1. The molecule has 0 atom stereocenters. The van der Waals surface area contributed by atoms with Crippen molar-refractivity contribution in [3.63, 3.8) is 0 Å². The summed E-state index contributed by atoms with van der Waals surface area (Å²) in [5.74, 6) is 0.853. The summed E-state index contributed by atoms with van der Waals surface area (Å²) < 4.78 is 5.45. The van der Waals surface area contributed by atoms with Crippen LogP contribution in [-0.2, 0) is 6.54 Å². The van der Waals surface area contributed by atoms with Crippen molar-refractivity contribution in [1.82, 2.24) is 10.3 Å². The van der Waals surface area contributed by atoms with Crippen LogP contribution in [-0.4, -0.2) is 25.2 Å². The molecule has 4 nitrogen and oxygen atoms in total. The van der Waals surface area contributed by atoms with Gasteiger partial charge in [-0.3, -0.25) is 4.98 Å². The lowest BCUT2D eigenvalue weighted by molar-refractivity contribution is 0.415. The van der Waals surface area contributed by atoms with Crippen LogP contribution in [0.4, 0.5) is 11.4 Å². The van der Waals surface area contributed by atoms with Crippen LogP contribution in [0, 0.1) is 0 Å². The standard InChI is InChI=1S/C17H23N3O/c1-13(2)19-11-14-9-10-18-12-16(14)20(3)15-7-5-6-8-17(15)21-4/h5-10,12-13,19H,11H2,1-4H3. The Morgan fingerprint density at radius 3 is 2.67 bits per heavy atom. The maximum Gasteiger partial charge on any atom is 0.142 e. The van der Waals surface area contributed by atoms with Crippen LogP contribution in [0.25, 0.3) is 0 Å². The van der Waals surface area contributed by atoms with Crippen LogP contribution < -0.4 is 15.0 Å². The summed E-state index contributed by atoms with van der Waals surface area (Å²) in [6.07, 6.45) is 3.72. The van der Waals surface area contributed by atoms with Gasteiger partial charge in [-0.05, 0) is 23.8 Å². The van der Waals surface area contributed by atoms with E-state index in [-0.39, 0.29) is 0 Å². The average Bonchev–Trinajstić information content (AvgIpc) is 2.52. The molecule has 4 heteroatoms. The Balaban J connectivity index is 2.32. The highest BCUT2D eigenvalue weighted by molar-refractivity contribution is 5.70. The number of methoxy groups -OCH3 is 1. The number of nitrogens with one attached hydrogen (secondary N) is 1. The topological polar surface area (TPSA) is 37.4 Å². The van der Waals surface area contributed by atoms with Gasteiger partial charge in [-0.25, -0.2) is 0 Å². The minimum absolute atomic E-state index is 0.447. The van der Waals surface area contributed by atoms with Gasteiger partial charge in [-0.2, -0.15) is 0 Å². The lowest BCUT2D eigenvalue weighted by Crippen LogP contribution is -2.23. The highest BCUT2D eigenvalue weighted by Crippen LogP contribution is 2.33. The van der Waals surface area contributed by atoms with E-state index in [0.717, 1.165) is 23.7 Å². The highest BCUT2D eigenvalue weighted by atomic mass is 16.5. The van der Waals surface area contributed by atoms with Gasteiger partial charge < -0.3 is 15.0 Å². The Morgan fingerprint density at radius 2 is 1.95 bits per heavy atom. The van der Waals surface area contributed by atoms with Crippen molar-refractivity contribution in [3.8, 4) is 5.75 Å². The van der Waals surface area contributed by atoms with Gasteiger partial charge in [0, 0.05) is 25.8 Å². The Kier molecular flexibility index (Phi) is 5.17. The number of para-hydroxylation sites is 2. The van der Waals surface area contributed by atoms with Crippen molar-refractivity contribution in [1.29, 1.82) is 0 Å². The van der Waals surface area contributed by atoms with Crippen LogP contribution >= 0.6 is 0 Å². The minimum atomic E-state index is 0.447. The summed E-state index contributed by atoms with van der Waals surface area (Å²) in [5.41, 5.74) is 3.32. The minimum Gasteiger partial charge on any atom is -0.495 e. The molecule has 0 amide bonds. The van der Waals surface area contributed by atoms with Gasteiger partial charge in [0.2, 0.25) is 0 Å². The van der Waals surface area contributed by atoms with Crippen molar-refractivity contribution in [3.05, 3.63) is 48.3 Å². The van der Waals surface area contributed by atoms with Crippen LogP contribution in [0.3, 0.4) is 0 Å². The van der Waals surface area contributed by atoms with E-state index in [0.29, 0.717) is 6.04 Å². The Hall–Kier alpha value is -2.07. The van der Waals surface area contributed by atoms with E-state index in [1.807, 2.05) is 43.7 Å². The number of rotatable bonds is 6. The maximum absolute atomic E-state index is 5.45. The summed E-state index contributed by atoms with van der Waals surface area (Å²) in [5, 5.41) is 3.45. The molecule has 0 spiro atoms. The average molecular weight is 285 g/mol. The fraction of sp³-hybridized carbons (Fsp3) is 0.353. The largest absolute Gasteiger partial charge is 0.495 e. The molecule has 0 aliphatic rings. The molecule has 1 aromatic carbocycles. The van der Waals surface area contributed by atoms with Gasteiger partial charge in [0.25, 0.3) is 0 Å². The molecule has 0 unspecified atom stereocenters. The third-order valence-electron chi connectivity index (χ3n) is 3.40. The number of benzene rings is 1. The normalized spacial score (nSPS) is 10.7. The van der Waals surface area contributed by atoms with Gasteiger partial charge in [0.15, 0.2) is 0 Å². The highest BCUT2D eigenvalue weighted by Gasteiger charge is 2.13. The van der Waals surface area contributed by atoms with E-state index in [1.54, 1.807) is 7.11 Å². The van der Waals surface area contributed by atoms with E-state index in [4.69, 9.17) is 4.74 Å². The first-order chi connectivity index (χ1) is 10.1. The molecule has 21 heavy (non-hydrogen) atoms. The van der Waals surface area contributed by atoms with Gasteiger partial charge in [0.1, 0.15) is 5.75 Å². The van der Waals surface area contributed by atoms with E-state index < -0.39 is 0 Å². The number of anilines is 2. The first-order valence-corrected chi connectivity index (χ1v) is 7.16. The van der Waals surface area contributed by atoms with Crippen LogP contribution in [0.15, 0.2) is 42.7 Å². The summed E-state index contributed by atoms with van der Waals surface area (Å²) in [7, 11) is 3.73. The summed E-state index contributed by atoms with van der Waals surface area (Å²) in [4.78, 5) is 6.38. The number of pyridine rings is 1. The zero-order valence-corrected chi connectivity index (χ0v) is 13.1. The van der Waals surface area contributed by atoms with Crippen molar-refractivity contribution < 1.29 is 4.74 Å². The Bertz CT molecular complexity index is 584. The van der Waals surface area contributed by atoms with Gasteiger partial charge in [-0.15, -0.1) is 0 Å². The SMILES string of the molecule is COc1ccccc1N(C)c1cnccc1CNC(C)C. The number of aromatic nitrogens is 1. The second-order valence-corrected chi connectivity index (χ2v) is 5.27. The molecule has 0 saturated heterocycles. The van der Waals surface area contributed by atoms with Crippen LogP contribution in [0.5, 0.6) is 5.75 Å². The predicted octanol–water partition coefficient (Wildman–Crippen LogP) is 3.36. The van der Waals surface area contributed by atoms with E-state index >= 15 is 0 Å². The molecule has 112 valence electrons. The summed E-state index contributed by atoms with van der Waals surface area (Å²) >= 11 is 0. The van der Waals surface area contributed by atoms with Crippen LogP contribution in [0.2, 0.25) is 0 Å². The van der Waals surface area contributed by atoms with Gasteiger partial charge >= 0.3 is 0 Å². The molecule has 2 rings (SSSR count). The maximum atomic E-state index is 5.45. The lowest BCUT2D eigenvalue weighted by Gasteiger charge is -2.24. The fourth-order valence-electron chi connectivity index (χ4n) is 2.22. The molecular formula is C17H23N3O. The summed E-state index contributed by atoms with van der Waals surface area (Å²) in [6.45, 7) is 5.10. The third-order valence-corrected chi connectivity index (χ3v) is 3.40. The number of nitrogens with zero attached hydrogens (tertiary/aromatic N) is 2. The smallest absolute Gasteiger partial charge is 0.142 e.